The number of aromatic nitrogens is 3. The molecule has 0 bridgehead atoms. The average molecular weight is 298 g/mol. The molecule has 3 rings (SSSR count). The predicted molar refractivity (Wildman–Crippen MR) is 80.5 cm³/mol. The Labute approximate surface area is 126 Å². The number of amides is 1. The highest BCUT2D eigenvalue weighted by Crippen LogP contribution is 2.14. The van der Waals surface area contributed by atoms with Gasteiger partial charge in [-0.3, -0.25) is 9.78 Å². The molecule has 5 nitrogen and oxygen atoms in total. The number of likely N-dealkylation sites (N-methyl/N-ethyl adjacent to an activating group) is 1. The Hall–Kier alpha value is -2.76. The van der Waals surface area contributed by atoms with Crippen molar-refractivity contribution in [3.63, 3.8) is 0 Å². The van der Waals surface area contributed by atoms with Crippen LogP contribution in [0.1, 0.15) is 11.5 Å². The van der Waals surface area contributed by atoms with Crippen LogP contribution in [0.25, 0.3) is 11.0 Å². The maximum atomic E-state index is 13.2. The highest BCUT2D eigenvalue weighted by molar-refractivity contribution is 5.78. The van der Waals surface area contributed by atoms with E-state index in [1.807, 2.05) is 18.2 Å². The Balaban J connectivity index is 1.69. The lowest BCUT2D eigenvalue weighted by Crippen LogP contribution is -2.28. The normalized spacial score (nSPS) is 10.8. The molecule has 0 spiro atoms. The fourth-order valence-electron chi connectivity index (χ4n) is 2.21. The number of nitrogens with one attached hydrogen (secondary N) is 1. The molecule has 0 saturated carbocycles. The van der Waals surface area contributed by atoms with Gasteiger partial charge in [0.1, 0.15) is 11.6 Å². The van der Waals surface area contributed by atoms with Crippen LogP contribution >= 0.6 is 0 Å². The fourth-order valence-corrected chi connectivity index (χ4v) is 2.21. The zero-order chi connectivity index (χ0) is 15.5. The summed E-state index contributed by atoms with van der Waals surface area (Å²) in [4.78, 5) is 25.3. The summed E-state index contributed by atoms with van der Waals surface area (Å²) in [6.45, 7) is 0.335. The summed E-state index contributed by atoms with van der Waals surface area (Å²) >= 11 is 0. The van der Waals surface area contributed by atoms with Crippen LogP contribution in [0.2, 0.25) is 0 Å². The molecule has 6 heteroatoms. The highest BCUT2D eigenvalue weighted by Gasteiger charge is 2.13. The van der Waals surface area contributed by atoms with Crippen LogP contribution in [0.4, 0.5) is 4.39 Å². The monoisotopic (exact) mass is 298 g/mol. The van der Waals surface area contributed by atoms with Gasteiger partial charge in [0.05, 0.1) is 24.0 Å². The number of benzene rings is 1. The summed E-state index contributed by atoms with van der Waals surface area (Å²) in [7, 11) is 1.71. The van der Waals surface area contributed by atoms with Gasteiger partial charge in [0.2, 0.25) is 5.91 Å². The van der Waals surface area contributed by atoms with Crippen molar-refractivity contribution in [1.29, 1.82) is 0 Å². The Morgan fingerprint density at radius 3 is 2.95 bits per heavy atom. The zero-order valence-electron chi connectivity index (χ0n) is 12.1. The van der Waals surface area contributed by atoms with Crippen LogP contribution < -0.4 is 0 Å². The van der Waals surface area contributed by atoms with Gasteiger partial charge in [-0.1, -0.05) is 6.07 Å². The van der Waals surface area contributed by atoms with E-state index in [1.165, 1.54) is 12.1 Å². The topological polar surface area (TPSA) is 61.9 Å². The highest BCUT2D eigenvalue weighted by atomic mass is 19.1. The third-order valence-corrected chi connectivity index (χ3v) is 3.36. The van der Waals surface area contributed by atoms with Gasteiger partial charge in [0.15, 0.2) is 0 Å². The van der Waals surface area contributed by atoms with Crippen LogP contribution in [0.15, 0.2) is 42.6 Å². The number of imidazole rings is 1. The molecular formula is C16H15FN4O. The molecule has 0 aliphatic heterocycles. The molecule has 2 aromatic heterocycles. The second kappa shape index (κ2) is 5.93. The second-order valence-corrected chi connectivity index (χ2v) is 5.09. The summed E-state index contributed by atoms with van der Waals surface area (Å²) in [5, 5.41) is 0. The van der Waals surface area contributed by atoms with Crippen LogP contribution in [0.3, 0.4) is 0 Å². The third kappa shape index (κ3) is 3.11. The Morgan fingerprint density at radius 2 is 2.18 bits per heavy atom. The van der Waals surface area contributed by atoms with E-state index >= 15 is 0 Å². The molecule has 0 aliphatic rings. The van der Waals surface area contributed by atoms with Crippen molar-refractivity contribution in [2.45, 2.75) is 13.0 Å². The summed E-state index contributed by atoms with van der Waals surface area (Å²) in [5.41, 5.74) is 2.04. The van der Waals surface area contributed by atoms with Crippen molar-refractivity contribution in [2.24, 2.45) is 0 Å². The molecule has 2 heterocycles. The number of rotatable bonds is 4. The number of H-pyrrole nitrogens is 1. The summed E-state index contributed by atoms with van der Waals surface area (Å²) in [6, 6.07) is 9.84. The summed E-state index contributed by atoms with van der Waals surface area (Å²) in [6.07, 6.45) is 1.91. The SMILES string of the molecule is CN(Cc1nc2ccc(F)cc2[nH]1)C(=O)Cc1ccccn1. The number of hydrogen-bond acceptors (Lipinski definition) is 3. The first-order valence-corrected chi connectivity index (χ1v) is 6.90. The minimum Gasteiger partial charge on any atom is -0.340 e. The third-order valence-electron chi connectivity index (χ3n) is 3.36. The van der Waals surface area contributed by atoms with Crippen molar-refractivity contribution >= 4 is 16.9 Å². The number of carbonyl (C=O) groups is 1. The number of carbonyl (C=O) groups excluding carboxylic acids is 1. The first kappa shape index (κ1) is 14.2. The molecular weight excluding hydrogens is 283 g/mol. The number of halogens is 1. The molecule has 0 fully saturated rings. The fraction of sp³-hybridized carbons (Fsp3) is 0.188. The van der Waals surface area contributed by atoms with Crippen LogP contribution in [-0.4, -0.2) is 32.8 Å². The quantitative estimate of drug-likeness (QED) is 0.804. The van der Waals surface area contributed by atoms with E-state index in [2.05, 4.69) is 15.0 Å². The van der Waals surface area contributed by atoms with Crippen molar-refractivity contribution < 1.29 is 9.18 Å². The van der Waals surface area contributed by atoms with Gasteiger partial charge in [-0.2, -0.15) is 0 Å². The molecule has 1 amide bonds. The van der Waals surface area contributed by atoms with Gasteiger partial charge in [0.25, 0.3) is 0 Å². The minimum absolute atomic E-state index is 0.0506. The van der Waals surface area contributed by atoms with E-state index in [0.717, 1.165) is 5.69 Å². The van der Waals surface area contributed by atoms with Gasteiger partial charge in [-0.25, -0.2) is 9.37 Å². The lowest BCUT2D eigenvalue weighted by molar-refractivity contribution is -0.129. The number of pyridine rings is 1. The van der Waals surface area contributed by atoms with Gasteiger partial charge in [0, 0.05) is 18.9 Å². The lowest BCUT2D eigenvalue weighted by atomic mass is 10.2. The van der Waals surface area contributed by atoms with Crippen molar-refractivity contribution in [2.75, 3.05) is 7.05 Å². The number of hydrogen-bond donors (Lipinski definition) is 1. The summed E-state index contributed by atoms with van der Waals surface area (Å²) < 4.78 is 13.2. The number of fused-ring (bicyclic) bond motifs is 1. The van der Waals surface area contributed by atoms with E-state index in [-0.39, 0.29) is 18.1 Å². The van der Waals surface area contributed by atoms with Crippen LogP contribution in [0.5, 0.6) is 0 Å². The second-order valence-electron chi connectivity index (χ2n) is 5.09. The molecule has 3 aromatic rings. The smallest absolute Gasteiger partial charge is 0.228 e. The van der Waals surface area contributed by atoms with Crippen molar-refractivity contribution in [3.8, 4) is 0 Å². The molecule has 0 saturated heterocycles. The predicted octanol–water partition coefficient (Wildman–Crippen LogP) is 2.30. The van der Waals surface area contributed by atoms with E-state index < -0.39 is 0 Å². The van der Waals surface area contributed by atoms with Crippen molar-refractivity contribution in [1.82, 2.24) is 19.9 Å². The molecule has 0 aliphatic carbocycles. The molecule has 1 N–H and O–H groups in total. The molecule has 112 valence electrons. The van der Waals surface area contributed by atoms with Gasteiger partial charge in [-0.05, 0) is 30.3 Å². The molecule has 22 heavy (non-hydrogen) atoms. The zero-order valence-corrected chi connectivity index (χ0v) is 12.1. The van der Waals surface area contributed by atoms with Crippen LogP contribution in [0, 0.1) is 5.82 Å². The number of nitrogens with zero attached hydrogens (tertiary/aromatic N) is 3. The average Bonchev–Trinajstić information content (AvgIpc) is 2.89. The first-order valence-electron chi connectivity index (χ1n) is 6.90. The molecule has 0 atom stereocenters. The van der Waals surface area contributed by atoms with Gasteiger partial charge >= 0.3 is 0 Å². The standard InChI is InChI=1S/C16H15FN4O/c1-21(16(22)9-12-4-2-3-7-18-12)10-15-19-13-6-5-11(17)8-14(13)20-15/h2-8H,9-10H2,1H3,(H,19,20). The molecule has 0 unspecified atom stereocenters. The molecule has 1 aromatic carbocycles. The largest absolute Gasteiger partial charge is 0.340 e. The van der Waals surface area contributed by atoms with E-state index in [4.69, 9.17) is 0 Å². The van der Waals surface area contributed by atoms with Gasteiger partial charge in [-0.15, -0.1) is 0 Å². The molecule has 0 radical (unpaired) electrons. The Bertz CT molecular complexity index is 800. The maximum absolute atomic E-state index is 13.2. The lowest BCUT2D eigenvalue weighted by Gasteiger charge is -2.15. The van der Waals surface area contributed by atoms with Crippen molar-refractivity contribution in [3.05, 3.63) is 59.9 Å². The maximum Gasteiger partial charge on any atom is 0.228 e. The van der Waals surface area contributed by atoms with E-state index in [0.29, 0.717) is 23.4 Å². The van der Waals surface area contributed by atoms with Crippen LogP contribution in [-0.2, 0) is 17.8 Å². The van der Waals surface area contributed by atoms with Gasteiger partial charge < -0.3 is 9.88 Å². The van der Waals surface area contributed by atoms with E-state index in [1.54, 1.807) is 24.2 Å². The number of aromatic amines is 1. The Morgan fingerprint density at radius 1 is 1.32 bits per heavy atom. The Kier molecular flexibility index (Phi) is 3.82. The minimum atomic E-state index is -0.317. The first-order chi connectivity index (χ1) is 10.6. The van der Waals surface area contributed by atoms with E-state index in [9.17, 15) is 9.18 Å². The summed E-state index contributed by atoms with van der Waals surface area (Å²) in [5.74, 6) is 0.255.